The van der Waals surface area contributed by atoms with Crippen LogP contribution in [0.5, 0.6) is 0 Å². The minimum Gasteiger partial charge on any atom is -0.479 e. The van der Waals surface area contributed by atoms with Gasteiger partial charge in [-0.3, -0.25) is 9.48 Å². The van der Waals surface area contributed by atoms with Gasteiger partial charge in [0.1, 0.15) is 10.7 Å². The number of aliphatic carboxylic acids is 1. The molecule has 0 spiro atoms. The number of carbonyl (C=O) groups is 2. The minimum atomic E-state index is -2.36. The number of likely N-dealkylation sites (tertiary alicyclic amines) is 1. The number of amides is 1. The molecule has 1 N–H and O–H groups in total. The van der Waals surface area contributed by atoms with Crippen molar-refractivity contribution < 1.29 is 19.1 Å². The Morgan fingerprint density at radius 2 is 2.27 bits per heavy atom. The number of alkyl halides is 1. The Morgan fingerprint density at radius 3 is 2.86 bits per heavy atom. The molecule has 1 fully saturated rings. The van der Waals surface area contributed by atoms with Crippen LogP contribution in [0.25, 0.3) is 10.6 Å². The van der Waals surface area contributed by atoms with Crippen LogP contribution in [0.4, 0.5) is 4.39 Å². The van der Waals surface area contributed by atoms with Gasteiger partial charge in [-0.1, -0.05) is 0 Å². The number of carbonyl (C=O) groups excluding carboxylic acids is 1. The fraction of sp³-hybridized carbons (Fsp3) is 0.385. The Labute approximate surface area is 129 Å². The summed E-state index contributed by atoms with van der Waals surface area (Å²) in [6, 6.07) is 0. The van der Waals surface area contributed by atoms with Crippen LogP contribution in [-0.4, -0.2) is 55.4 Å². The predicted octanol–water partition coefficient (Wildman–Crippen LogP) is 1.18. The maximum absolute atomic E-state index is 14.0. The Bertz CT molecular complexity index is 743. The van der Waals surface area contributed by atoms with Gasteiger partial charge in [-0.25, -0.2) is 14.2 Å². The van der Waals surface area contributed by atoms with Gasteiger partial charge in [-0.05, 0) is 0 Å². The van der Waals surface area contributed by atoms with Crippen molar-refractivity contribution in [2.45, 2.75) is 12.1 Å². The van der Waals surface area contributed by atoms with Crippen LogP contribution in [0.2, 0.25) is 0 Å². The van der Waals surface area contributed by atoms with Crippen molar-refractivity contribution in [3.05, 3.63) is 23.5 Å². The maximum atomic E-state index is 14.0. The summed E-state index contributed by atoms with van der Waals surface area (Å²) < 4.78 is 15.6. The molecular formula is C13H13FN4O3S. The zero-order valence-corrected chi connectivity index (χ0v) is 12.5. The number of hydrogen-bond donors (Lipinski definition) is 1. The van der Waals surface area contributed by atoms with Crippen molar-refractivity contribution in [2.24, 2.45) is 7.05 Å². The Balaban J connectivity index is 1.77. The third-order valence-electron chi connectivity index (χ3n) is 3.57. The van der Waals surface area contributed by atoms with E-state index >= 15 is 0 Å². The quantitative estimate of drug-likeness (QED) is 0.916. The fourth-order valence-electron chi connectivity index (χ4n) is 2.32. The lowest BCUT2D eigenvalue weighted by atomic mass is 10.1. The molecule has 1 unspecified atom stereocenters. The maximum Gasteiger partial charge on any atom is 0.343 e. The average molecular weight is 324 g/mol. The van der Waals surface area contributed by atoms with E-state index in [1.54, 1.807) is 29.5 Å². The van der Waals surface area contributed by atoms with Gasteiger partial charge in [-0.2, -0.15) is 5.10 Å². The molecule has 1 saturated heterocycles. The van der Waals surface area contributed by atoms with E-state index in [1.807, 2.05) is 0 Å². The number of aromatic nitrogens is 3. The van der Waals surface area contributed by atoms with Crippen molar-refractivity contribution in [1.29, 1.82) is 0 Å². The Morgan fingerprint density at radius 1 is 1.50 bits per heavy atom. The van der Waals surface area contributed by atoms with E-state index < -0.39 is 24.1 Å². The molecule has 1 amide bonds. The summed E-state index contributed by atoms with van der Waals surface area (Å²) >= 11 is 1.29. The minimum absolute atomic E-state index is 0.0708. The highest BCUT2D eigenvalue weighted by atomic mass is 32.1. The molecule has 0 radical (unpaired) electrons. The topological polar surface area (TPSA) is 88.3 Å². The molecule has 2 aromatic rings. The molecule has 3 heterocycles. The van der Waals surface area contributed by atoms with Crippen LogP contribution in [0, 0.1) is 0 Å². The fourth-order valence-corrected chi connectivity index (χ4v) is 3.09. The molecule has 116 valence electrons. The number of carboxylic acids is 1. The van der Waals surface area contributed by atoms with E-state index in [0.717, 1.165) is 5.56 Å². The average Bonchev–Trinajstić information content (AvgIpc) is 3.17. The number of rotatable bonds is 3. The van der Waals surface area contributed by atoms with Crippen LogP contribution >= 0.6 is 11.3 Å². The Kier molecular flexibility index (Phi) is 3.44. The lowest BCUT2D eigenvalue weighted by Gasteiger charge is -2.16. The molecular weight excluding hydrogens is 311 g/mol. The first kappa shape index (κ1) is 14.6. The van der Waals surface area contributed by atoms with Crippen LogP contribution in [0.3, 0.4) is 0 Å². The van der Waals surface area contributed by atoms with E-state index in [4.69, 9.17) is 5.11 Å². The van der Waals surface area contributed by atoms with Crippen LogP contribution in [0.1, 0.15) is 16.9 Å². The monoisotopic (exact) mass is 324 g/mol. The van der Waals surface area contributed by atoms with Crippen LogP contribution in [-0.2, 0) is 11.8 Å². The van der Waals surface area contributed by atoms with Gasteiger partial charge in [0.2, 0.25) is 5.67 Å². The SMILES string of the molecule is Cn1cc(-c2nc(C(=O)N3CCC(F)(C(=O)O)C3)cs2)cn1. The molecule has 1 atom stereocenters. The second kappa shape index (κ2) is 5.16. The highest BCUT2D eigenvalue weighted by Crippen LogP contribution is 2.28. The molecule has 1 aliphatic rings. The lowest BCUT2D eigenvalue weighted by Crippen LogP contribution is -2.39. The van der Waals surface area contributed by atoms with Gasteiger partial charge in [-0.15, -0.1) is 11.3 Å². The van der Waals surface area contributed by atoms with E-state index in [9.17, 15) is 14.0 Å². The second-order valence-corrected chi connectivity index (χ2v) is 6.05. The van der Waals surface area contributed by atoms with Gasteiger partial charge < -0.3 is 10.0 Å². The zero-order chi connectivity index (χ0) is 15.9. The first-order valence-electron chi connectivity index (χ1n) is 6.55. The summed E-state index contributed by atoms with van der Waals surface area (Å²) in [4.78, 5) is 28.6. The molecule has 7 nitrogen and oxygen atoms in total. The van der Waals surface area contributed by atoms with Crippen molar-refractivity contribution in [1.82, 2.24) is 19.7 Å². The smallest absolute Gasteiger partial charge is 0.343 e. The summed E-state index contributed by atoms with van der Waals surface area (Å²) in [7, 11) is 1.78. The molecule has 1 aliphatic heterocycles. The molecule has 0 aromatic carbocycles. The van der Waals surface area contributed by atoms with Crippen molar-refractivity contribution in [2.75, 3.05) is 13.1 Å². The van der Waals surface area contributed by atoms with Gasteiger partial charge >= 0.3 is 5.97 Å². The van der Waals surface area contributed by atoms with Gasteiger partial charge in [0, 0.05) is 37.2 Å². The molecule has 0 aliphatic carbocycles. The van der Waals surface area contributed by atoms with Crippen molar-refractivity contribution >= 4 is 23.2 Å². The number of carboxylic acid groups (broad SMARTS) is 1. The van der Waals surface area contributed by atoms with Gasteiger partial charge in [0.05, 0.1) is 12.7 Å². The number of thiazole rings is 1. The zero-order valence-electron chi connectivity index (χ0n) is 11.7. The molecule has 0 saturated carbocycles. The summed E-state index contributed by atoms with van der Waals surface area (Å²) in [5, 5.41) is 15.1. The summed E-state index contributed by atoms with van der Waals surface area (Å²) in [6.45, 7) is -0.373. The standard InChI is InChI=1S/C13H13FN4O3S/c1-17-5-8(4-15-17)10-16-9(6-22-10)11(19)18-3-2-13(14,7-18)12(20)21/h4-6H,2-3,7H2,1H3,(H,20,21). The molecule has 3 rings (SSSR count). The number of halogens is 1. The first-order chi connectivity index (χ1) is 10.4. The Hall–Kier alpha value is -2.29. The summed E-state index contributed by atoms with van der Waals surface area (Å²) in [5.74, 6) is -1.98. The van der Waals surface area contributed by atoms with Crippen molar-refractivity contribution in [3.63, 3.8) is 0 Å². The highest BCUT2D eigenvalue weighted by molar-refractivity contribution is 7.13. The molecule has 0 bridgehead atoms. The van der Waals surface area contributed by atoms with Gasteiger partial charge in [0.15, 0.2) is 0 Å². The van der Waals surface area contributed by atoms with Crippen LogP contribution < -0.4 is 0 Å². The lowest BCUT2D eigenvalue weighted by molar-refractivity contribution is -0.149. The van der Waals surface area contributed by atoms with E-state index in [2.05, 4.69) is 10.1 Å². The molecule has 2 aromatic heterocycles. The van der Waals surface area contributed by atoms with E-state index in [-0.39, 0.29) is 18.7 Å². The molecule has 22 heavy (non-hydrogen) atoms. The van der Waals surface area contributed by atoms with E-state index in [1.165, 1.54) is 16.2 Å². The largest absolute Gasteiger partial charge is 0.479 e. The second-order valence-electron chi connectivity index (χ2n) is 5.19. The first-order valence-corrected chi connectivity index (χ1v) is 7.43. The highest BCUT2D eigenvalue weighted by Gasteiger charge is 2.47. The normalized spacial score (nSPS) is 21.3. The number of hydrogen-bond acceptors (Lipinski definition) is 5. The molecule has 9 heteroatoms. The van der Waals surface area contributed by atoms with E-state index in [0.29, 0.717) is 5.01 Å². The summed E-state index contributed by atoms with van der Waals surface area (Å²) in [5.41, 5.74) is -1.38. The number of aryl methyl sites for hydroxylation is 1. The van der Waals surface area contributed by atoms with Crippen molar-refractivity contribution in [3.8, 4) is 10.6 Å². The van der Waals surface area contributed by atoms with Crippen LogP contribution in [0.15, 0.2) is 17.8 Å². The summed E-state index contributed by atoms with van der Waals surface area (Å²) in [6.07, 6.45) is 3.22. The predicted molar refractivity (Wildman–Crippen MR) is 76.3 cm³/mol. The number of nitrogens with zero attached hydrogens (tertiary/aromatic N) is 4. The van der Waals surface area contributed by atoms with Gasteiger partial charge in [0.25, 0.3) is 5.91 Å². The third-order valence-corrected chi connectivity index (χ3v) is 4.46. The third kappa shape index (κ3) is 2.47.